The number of carbonyl (C=O) groups excluding carboxylic acids is 1. The molecule has 1 saturated heterocycles. The summed E-state index contributed by atoms with van der Waals surface area (Å²) in [7, 11) is 0. The lowest BCUT2D eigenvalue weighted by Crippen LogP contribution is -2.36. The van der Waals surface area contributed by atoms with E-state index in [4.69, 9.17) is 5.73 Å². The van der Waals surface area contributed by atoms with Gasteiger partial charge in [-0.25, -0.2) is 9.97 Å². The molecular formula is C17H20N6O2S. The van der Waals surface area contributed by atoms with Crippen molar-refractivity contribution < 1.29 is 4.79 Å². The van der Waals surface area contributed by atoms with Crippen LogP contribution in [-0.4, -0.2) is 43.4 Å². The second-order valence-electron chi connectivity index (χ2n) is 6.60. The first kappa shape index (κ1) is 16.9. The van der Waals surface area contributed by atoms with E-state index in [1.807, 2.05) is 16.0 Å². The van der Waals surface area contributed by atoms with Crippen LogP contribution in [-0.2, 0) is 17.9 Å². The molecule has 1 amide bonds. The van der Waals surface area contributed by atoms with Gasteiger partial charge in [0.25, 0.3) is 5.56 Å². The fraction of sp³-hybridized carbons (Fsp3) is 0.412. The van der Waals surface area contributed by atoms with Crippen molar-refractivity contribution in [3.05, 3.63) is 45.8 Å². The highest BCUT2D eigenvalue weighted by atomic mass is 32.1. The third-order valence-corrected chi connectivity index (χ3v) is 5.58. The molecule has 4 heterocycles. The number of aromatic nitrogens is 4. The zero-order valence-electron chi connectivity index (χ0n) is 14.2. The number of nitrogens with one attached hydrogen (secondary N) is 1. The van der Waals surface area contributed by atoms with Gasteiger partial charge < -0.3 is 15.3 Å². The van der Waals surface area contributed by atoms with E-state index >= 15 is 0 Å². The highest BCUT2D eigenvalue weighted by Gasteiger charge is 2.25. The van der Waals surface area contributed by atoms with Gasteiger partial charge >= 0.3 is 0 Å². The highest BCUT2D eigenvalue weighted by molar-refractivity contribution is 7.17. The molecule has 8 nitrogen and oxygen atoms in total. The maximum atomic E-state index is 12.1. The lowest BCUT2D eigenvalue weighted by Gasteiger charge is -2.32. The third-order valence-electron chi connectivity index (χ3n) is 4.68. The molecule has 1 fully saturated rings. The normalized spacial score (nSPS) is 18.4. The second kappa shape index (κ2) is 7.00. The maximum absolute atomic E-state index is 12.1. The van der Waals surface area contributed by atoms with Gasteiger partial charge in [-0.15, -0.1) is 11.3 Å². The lowest BCUT2D eigenvalue weighted by atomic mass is 9.97. The van der Waals surface area contributed by atoms with Gasteiger partial charge in [0.2, 0.25) is 5.91 Å². The number of aromatic amines is 1. The smallest absolute Gasteiger partial charge is 0.268 e. The Morgan fingerprint density at radius 1 is 1.46 bits per heavy atom. The Morgan fingerprint density at radius 3 is 3.19 bits per heavy atom. The second-order valence-corrected chi connectivity index (χ2v) is 7.52. The minimum Gasteiger partial charge on any atom is -0.368 e. The van der Waals surface area contributed by atoms with E-state index in [0.717, 1.165) is 37.3 Å². The predicted octanol–water partition coefficient (Wildman–Crippen LogP) is 1.05. The minimum absolute atomic E-state index is 0.0782. The molecular weight excluding hydrogens is 352 g/mol. The third kappa shape index (κ3) is 3.40. The molecule has 0 saturated carbocycles. The number of likely N-dealkylation sites (tertiary alicyclic amines) is 1. The molecule has 0 bridgehead atoms. The topological polar surface area (TPSA) is 110 Å². The molecule has 3 aromatic heterocycles. The molecule has 136 valence electrons. The molecule has 0 radical (unpaired) electrons. The summed E-state index contributed by atoms with van der Waals surface area (Å²) >= 11 is 1.41. The van der Waals surface area contributed by atoms with E-state index in [1.54, 1.807) is 12.4 Å². The van der Waals surface area contributed by atoms with E-state index in [1.165, 1.54) is 11.3 Å². The van der Waals surface area contributed by atoms with Crippen molar-refractivity contribution in [3.63, 3.8) is 0 Å². The van der Waals surface area contributed by atoms with Crippen molar-refractivity contribution in [2.24, 2.45) is 5.73 Å². The van der Waals surface area contributed by atoms with Crippen LogP contribution < -0.4 is 11.3 Å². The average molecular weight is 372 g/mol. The molecule has 0 spiro atoms. The van der Waals surface area contributed by atoms with Gasteiger partial charge in [0.1, 0.15) is 22.9 Å². The minimum atomic E-state index is -0.372. The molecule has 0 unspecified atom stereocenters. The van der Waals surface area contributed by atoms with E-state index < -0.39 is 0 Å². The number of H-pyrrole nitrogens is 1. The fourth-order valence-corrected chi connectivity index (χ4v) is 4.33. The molecule has 9 heteroatoms. The molecule has 3 N–H and O–H groups in total. The Hall–Kier alpha value is -2.52. The molecule has 1 aliphatic heterocycles. The van der Waals surface area contributed by atoms with Gasteiger partial charge in [-0.05, 0) is 30.8 Å². The summed E-state index contributed by atoms with van der Waals surface area (Å²) in [6, 6.07) is 1.87. The molecule has 0 aromatic carbocycles. The average Bonchev–Trinajstić information content (AvgIpc) is 3.24. The standard InChI is InChI=1S/C17H20N6O2S/c18-13(24)9-23-6-4-19-16(23)11-2-1-5-22(8-11)10-14-20-12-3-7-26-15(12)17(25)21-14/h3-4,6-7,11H,1-2,5,8-10H2,(H2,18,24)(H,20,21,25)/t11-/m0/s1. The number of rotatable bonds is 5. The van der Waals surface area contributed by atoms with E-state index in [9.17, 15) is 9.59 Å². The van der Waals surface area contributed by atoms with Gasteiger partial charge in [0.05, 0.1) is 12.1 Å². The summed E-state index contributed by atoms with van der Waals surface area (Å²) in [6.45, 7) is 2.49. The summed E-state index contributed by atoms with van der Waals surface area (Å²) in [5.41, 5.74) is 5.99. The molecule has 3 aromatic rings. The van der Waals surface area contributed by atoms with Crippen LogP contribution in [0.5, 0.6) is 0 Å². The predicted molar refractivity (Wildman–Crippen MR) is 98.9 cm³/mol. The lowest BCUT2D eigenvalue weighted by molar-refractivity contribution is -0.118. The zero-order chi connectivity index (χ0) is 18.1. The summed E-state index contributed by atoms with van der Waals surface area (Å²) in [5.74, 6) is 1.43. The number of hydrogen-bond donors (Lipinski definition) is 2. The van der Waals surface area contributed by atoms with E-state index in [-0.39, 0.29) is 23.9 Å². The van der Waals surface area contributed by atoms with Crippen molar-refractivity contribution in [1.82, 2.24) is 24.4 Å². The molecule has 4 rings (SSSR count). The first-order valence-corrected chi connectivity index (χ1v) is 9.46. The SMILES string of the molecule is NC(=O)Cn1ccnc1[C@H]1CCCN(Cc2nc3ccsc3c(=O)[nH]2)C1. The number of fused-ring (bicyclic) bond motifs is 1. The van der Waals surface area contributed by atoms with Crippen LogP contribution in [0, 0.1) is 0 Å². The van der Waals surface area contributed by atoms with Crippen LogP contribution in [0.3, 0.4) is 0 Å². The quantitative estimate of drug-likeness (QED) is 0.695. The number of piperidine rings is 1. The van der Waals surface area contributed by atoms with Gasteiger partial charge in [-0.2, -0.15) is 0 Å². The number of imidazole rings is 1. The van der Waals surface area contributed by atoms with Crippen molar-refractivity contribution in [2.45, 2.75) is 31.8 Å². The number of primary amides is 1. The van der Waals surface area contributed by atoms with Crippen LogP contribution in [0.2, 0.25) is 0 Å². The summed E-state index contributed by atoms with van der Waals surface area (Å²) in [4.78, 5) is 37.6. The molecule has 1 aliphatic rings. The Bertz CT molecular complexity index is 990. The van der Waals surface area contributed by atoms with Crippen molar-refractivity contribution >= 4 is 27.5 Å². The van der Waals surface area contributed by atoms with Crippen molar-refractivity contribution in [3.8, 4) is 0 Å². The van der Waals surface area contributed by atoms with Gasteiger partial charge in [0.15, 0.2) is 0 Å². The molecule has 1 atom stereocenters. The number of amides is 1. The summed E-state index contributed by atoms with van der Waals surface area (Å²) in [6.07, 6.45) is 5.54. The Kier molecular flexibility index (Phi) is 4.56. The van der Waals surface area contributed by atoms with Crippen LogP contribution in [0.1, 0.15) is 30.4 Å². The zero-order valence-corrected chi connectivity index (χ0v) is 15.0. The number of thiophene rings is 1. The number of nitrogens with two attached hydrogens (primary N) is 1. The van der Waals surface area contributed by atoms with Gasteiger partial charge in [-0.3, -0.25) is 14.5 Å². The highest BCUT2D eigenvalue weighted by Crippen LogP contribution is 2.26. The molecule has 0 aliphatic carbocycles. The summed E-state index contributed by atoms with van der Waals surface area (Å²) in [5, 5.41) is 1.88. The van der Waals surface area contributed by atoms with Gasteiger partial charge in [-0.1, -0.05) is 0 Å². The number of nitrogens with zero attached hydrogens (tertiary/aromatic N) is 4. The van der Waals surface area contributed by atoms with Crippen LogP contribution in [0.25, 0.3) is 10.2 Å². The van der Waals surface area contributed by atoms with Crippen molar-refractivity contribution in [2.75, 3.05) is 13.1 Å². The van der Waals surface area contributed by atoms with Gasteiger partial charge in [0, 0.05) is 24.9 Å². The first-order valence-electron chi connectivity index (χ1n) is 8.58. The van der Waals surface area contributed by atoms with Crippen molar-refractivity contribution in [1.29, 1.82) is 0 Å². The van der Waals surface area contributed by atoms with Crippen LogP contribution >= 0.6 is 11.3 Å². The Labute approximate surface area is 153 Å². The number of hydrogen-bond acceptors (Lipinski definition) is 6. The fourth-order valence-electron chi connectivity index (χ4n) is 3.60. The summed E-state index contributed by atoms with van der Waals surface area (Å²) < 4.78 is 2.49. The van der Waals surface area contributed by atoms with Crippen LogP contribution in [0.15, 0.2) is 28.6 Å². The monoisotopic (exact) mass is 372 g/mol. The first-order chi connectivity index (χ1) is 12.6. The Morgan fingerprint density at radius 2 is 2.35 bits per heavy atom. The number of carbonyl (C=O) groups is 1. The molecule has 26 heavy (non-hydrogen) atoms. The maximum Gasteiger partial charge on any atom is 0.268 e. The van der Waals surface area contributed by atoms with Crippen LogP contribution in [0.4, 0.5) is 0 Å². The van der Waals surface area contributed by atoms with E-state index in [2.05, 4.69) is 19.9 Å². The Balaban J connectivity index is 1.50. The van der Waals surface area contributed by atoms with E-state index in [0.29, 0.717) is 17.1 Å². The largest absolute Gasteiger partial charge is 0.368 e.